The third kappa shape index (κ3) is 1.56. The van der Waals surface area contributed by atoms with E-state index in [9.17, 15) is 9.90 Å². The molecule has 1 atom stereocenters. The molecule has 4 bridgehead atoms. The quantitative estimate of drug-likeness (QED) is 0.807. The van der Waals surface area contributed by atoms with Crippen molar-refractivity contribution in [1.29, 1.82) is 0 Å². The molecular weight excluding hydrogens is 226 g/mol. The first-order valence-corrected chi connectivity index (χ1v) is 7.51. The van der Waals surface area contributed by atoms with Crippen molar-refractivity contribution in [3.8, 4) is 0 Å². The predicted octanol–water partition coefficient (Wildman–Crippen LogP) is 2.79. The van der Waals surface area contributed by atoms with Gasteiger partial charge in [-0.15, -0.1) is 0 Å². The second-order valence-electron chi connectivity index (χ2n) is 7.22. The van der Waals surface area contributed by atoms with Crippen LogP contribution in [0.1, 0.15) is 58.3 Å². The average molecular weight is 251 g/mol. The Balaban J connectivity index is 1.96. The van der Waals surface area contributed by atoms with Gasteiger partial charge in [-0.2, -0.15) is 0 Å². The average Bonchev–Trinajstić information content (AvgIpc) is 2.26. The molecule has 4 rings (SSSR count). The number of carboxylic acids is 1. The fraction of sp³-hybridized carbons (Fsp3) is 0.933. The highest BCUT2D eigenvalue weighted by Crippen LogP contribution is 2.63. The second-order valence-corrected chi connectivity index (χ2v) is 7.22. The molecule has 3 nitrogen and oxygen atoms in total. The minimum Gasteiger partial charge on any atom is -0.480 e. The standard InChI is InChI=1S/C15H25NO2/c1-2-3-15(16,13(17)18)14-7-10-4-11(8-14)6-12(5-10)9-14/h10-12H,2-9,16H2,1H3,(H,17,18). The Kier molecular flexibility index (Phi) is 2.74. The Morgan fingerprint density at radius 1 is 1.22 bits per heavy atom. The molecule has 4 aliphatic rings. The summed E-state index contributed by atoms with van der Waals surface area (Å²) in [4.78, 5) is 11.8. The van der Waals surface area contributed by atoms with Crippen LogP contribution in [0.2, 0.25) is 0 Å². The summed E-state index contributed by atoms with van der Waals surface area (Å²) in [5.41, 5.74) is 5.38. The molecule has 1 unspecified atom stereocenters. The van der Waals surface area contributed by atoms with E-state index < -0.39 is 11.5 Å². The van der Waals surface area contributed by atoms with Gasteiger partial charge < -0.3 is 10.8 Å². The lowest BCUT2D eigenvalue weighted by Gasteiger charge is -2.61. The van der Waals surface area contributed by atoms with E-state index in [1.807, 2.05) is 6.92 Å². The Bertz CT molecular complexity index is 330. The molecular formula is C15H25NO2. The predicted molar refractivity (Wildman–Crippen MR) is 70.1 cm³/mol. The number of rotatable bonds is 4. The van der Waals surface area contributed by atoms with Gasteiger partial charge in [-0.3, -0.25) is 4.79 Å². The molecule has 4 aliphatic carbocycles. The van der Waals surface area contributed by atoms with Crippen molar-refractivity contribution < 1.29 is 9.90 Å². The van der Waals surface area contributed by atoms with Crippen LogP contribution in [0.15, 0.2) is 0 Å². The van der Waals surface area contributed by atoms with Gasteiger partial charge in [0.2, 0.25) is 0 Å². The van der Waals surface area contributed by atoms with Crippen LogP contribution in [0, 0.1) is 23.2 Å². The van der Waals surface area contributed by atoms with Gasteiger partial charge in [-0.25, -0.2) is 0 Å². The van der Waals surface area contributed by atoms with Crippen molar-refractivity contribution in [2.45, 2.75) is 63.8 Å². The lowest BCUT2D eigenvalue weighted by molar-refractivity contribution is -0.163. The number of carbonyl (C=O) groups is 1. The summed E-state index contributed by atoms with van der Waals surface area (Å²) in [6.45, 7) is 2.05. The van der Waals surface area contributed by atoms with Crippen LogP contribution in [0.5, 0.6) is 0 Å². The zero-order valence-electron chi connectivity index (χ0n) is 11.3. The summed E-state index contributed by atoms with van der Waals surface area (Å²) in [5.74, 6) is 1.52. The maximum absolute atomic E-state index is 11.8. The van der Waals surface area contributed by atoms with Crippen molar-refractivity contribution in [2.75, 3.05) is 0 Å². The third-order valence-corrected chi connectivity index (χ3v) is 6.01. The third-order valence-electron chi connectivity index (χ3n) is 6.01. The van der Waals surface area contributed by atoms with Gasteiger partial charge in [0.05, 0.1) is 0 Å². The molecule has 0 aromatic heterocycles. The van der Waals surface area contributed by atoms with Crippen LogP contribution in [0.3, 0.4) is 0 Å². The number of hydrogen-bond acceptors (Lipinski definition) is 2. The second kappa shape index (κ2) is 3.96. The largest absolute Gasteiger partial charge is 0.480 e. The molecule has 0 aromatic carbocycles. The molecule has 0 radical (unpaired) electrons. The van der Waals surface area contributed by atoms with Gasteiger partial charge >= 0.3 is 5.97 Å². The van der Waals surface area contributed by atoms with Gasteiger partial charge in [-0.05, 0) is 68.1 Å². The van der Waals surface area contributed by atoms with Gasteiger partial charge in [0.15, 0.2) is 0 Å². The van der Waals surface area contributed by atoms with Crippen LogP contribution in [0.25, 0.3) is 0 Å². The van der Waals surface area contributed by atoms with E-state index >= 15 is 0 Å². The monoisotopic (exact) mass is 251 g/mol. The molecule has 0 spiro atoms. The highest BCUT2D eigenvalue weighted by molar-refractivity contribution is 5.80. The van der Waals surface area contributed by atoms with E-state index in [1.165, 1.54) is 19.3 Å². The van der Waals surface area contributed by atoms with E-state index in [-0.39, 0.29) is 5.41 Å². The van der Waals surface area contributed by atoms with Crippen molar-refractivity contribution in [2.24, 2.45) is 28.9 Å². The molecule has 3 heteroatoms. The first-order valence-electron chi connectivity index (χ1n) is 7.51. The van der Waals surface area contributed by atoms with Crippen molar-refractivity contribution in [3.05, 3.63) is 0 Å². The summed E-state index contributed by atoms with van der Waals surface area (Å²) >= 11 is 0. The molecule has 0 aromatic rings. The Hall–Kier alpha value is -0.570. The molecule has 3 N–H and O–H groups in total. The summed E-state index contributed by atoms with van der Waals surface area (Å²) in [6.07, 6.45) is 8.72. The molecule has 102 valence electrons. The van der Waals surface area contributed by atoms with E-state index in [4.69, 9.17) is 5.73 Å². The van der Waals surface area contributed by atoms with E-state index in [0.29, 0.717) is 6.42 Å². The first-order chi connectivity index (χ1) is 8.49. The molecule has 0 saturated heterocycles. The fourth-order valence-corrected chi connectivity index (χ4v) is 5.65. The fourth-order valence-electron chi connectivity index (χ4n) is 5.65. The Morgan fingerprint density at radius 3 is 2.00 bits per heavy atom. The van der Waals surface area contributed by atoms with Crippen LogP contribution >= 0.6 is 0 Å². The summed E-state index contributed by atoms with van der Waals surface area (Å²) in [6, 6.07) is 0. The highest BCUT2D eigenvalue weighted by atomic mass is 16.4. The minimum absolute atomic E-state index is 0.0937. The van der Waals surface area contributed by atoms with Gasteiger partial charge in [0.25, 0.3) is 0 Å². The van der Waals surface area contributed by atoms with Crippen molar-refractivity contribution in [1.82, 2.24) is 0 Å². The molecule has 0 heterocycles. The summed E-state index contributed by atoms with van der Waals surface area (Å²) < 4.78 is 0. The summed E-state index contributed by atoms with van der Waals surface area (Å²) in [7, 11) is 0. The van der Waals surface area contributed by atoms with Gasteiger partial charge in [0, 0.05) is 0 Å². The minimum atomic E-state index is -0.974. The van der Waals surface area contributed by atoms with E-state index in [1.54, 1.807) is 0 Å². The van der Waals surface area contributed by atoms with Gasteiger partial charge in [0.1, 0.15) is 5.54 Å². The maximum atomic E-state index is 11.8. The maximum Gasteiger partial charge on any atom is 0.324 e. The molecule has 4 saturated carbocycles. The normalized spacial score (nSPS) is 44.9. The van der Waals surface area contributed by atoms with Crippen molar-refractivity contribution in [3.63, 3.8) is 0 Å². The Labute approximate surface area is 109 Å². The van der Waals surface area contributed by atoms with Gasteiger partial charge in [-0.1, -0.05) is 13.3 Å². The van der Waals surface area contributed by atoms with E-state index in [2.05, 4.69) is 0 Å². The topological polar surface area (TPSA) is 63.3 Å². The Morgan fingerprint density at radius 2 is 1.67 bits per heavy atom. The lowest BCUT2D eigenvalue weighted by Crippen LogP contribution is -2.66. The van der Waals surface area contributed by atoms with Crippen LogP contribution in [-0.4, -0.2) is 16.6 Å². The van der Waals surface area contributed by atoms with Crippen LogP contribution in [0.4, 0.5) is 0 Å². The first kappa shape index (κ1) is 12.5. The SMILES string of the molecule is CCCC(N)(C(=O)O)C12CC3CC(CC(C3)C1)C2. The zero-order valence-corrected chi connectivity index (χ0v) is 11.3. The molecule has 18 heavy (non-hydrogen) atoms. The zero-order chi connectivity index (χ0) is 13.0. The van der Waals surface area contributed by atoms with Crippen LogP contribution < -0.4 is 5.73 Å². The molecule has 4 fully saturated rings. The number of aliphatic carboxylic acids is 1. The van der Waals surface area contributed by atoms with Crippen LogP contribution in [-0.2, 0) is 4.79 Å². The number of nitrogens with two attached hydrogens (primary N) is 1. The van der Waals surface area contributed by atoms with Crippen molar-refractivity contribution >= 4 is 5.97 Å². The smallest absolute Gasteiger partial charge is 0.324 e. The molecule has 0 amide bonds. The van der Waals surface area contributed by atoms with E-state index in [0.717, 1.165) is 43.4 Å². The lowest BCUT2D eigenvalue weighted by atomic mass is 9.44. The number of carboxylic acid groups (broad SMARTS) is 1. The number of hydrogen-bond donors (Lipinski definition) is 2. The highest BCUT2D eigenvalue weighted by Gasteiger charge is 2.61. The summed E-state index contributed by atoms with van der Waals surface area (Å²) in [5, 5.41) is 9.70. The molecule has 0 aliphatic heterocycles.